The van der Waals surface area contributed by atoms with Crippen LogP contribution in [0.2, 0.25) is 5.02 Å². The monoisotopic (exact) mass is 440 g/mol. The molecule has 0 aliphatic heterocycles. The molecule has 0 radical (unpaired) electrons. The number of primary amides is 1. The van der Waals surface area contributed by atoms with Gasteiger partial charge in [-0.2, -0.15) is 0 Å². The Kier molecular flexibility index (Phi) is 6.42. The summed E-state index contributed by atoms with van der Waals surface area (Å²) in [5, 5.41) is 3.56. The molecule has 1 aliphatic carbocycles. The minimum Gasteiger partial charge on any atom is -0.365 e. The average Bonchev–Trinajstić information content (AvgIpc) is 2.81. The number of sulfone groups is 1. The smallest absolute Gasteiger partial charge is 0.251 e. The second-order valence-corrected chi connectivity index (χ2v) is 10.4. The molecule has 0 atom stereocenters. The van der Waals surface area contributed by atoms with Crippen LogP contribution in [0.1, 0.15) is 46.5 Å². The van der Waals surface area contributed by atoms with Crippen molar-refractivity contribution >= 4 is 49.6 Å². The molecule has 3 rings (SSSR count). The lowest BCUT2D eigenvalue weighted by molar-refractivity contribution is -0.115. The van der Waals surface area contributed by atoms with Crippen molar-refractivity contribution < 1.29 is 18.0 Å². The molecule has 0 bridgehead atoms. The highest BCUT2D eigenvalue weighted by Gasteiger charge is 2.25. The van der Waals surface area contributed by atoms with Gasteiger partial charge >= 0.3 is 0 Å². The molecular weight excluding hydrogens is 420 g/mol. The lowest BCUT2D eigenvalue weighted by Gasteiger charge is -2.07. The first-order valence-electron chi connectivity index (χ1n) is 9.00. The van der Waals surface area contributed by atoms with Gasteiger partial charge in [0.2, 0.25) is 5.91 Å². The molecule has 9 heteroatoms. The maximum Gasteiger partial charge on any atom is 0.251 e. The van der Waals surface area contributed by atoms with E-state index in [9.17, 15) is 18.0 Å². The van der Waals surface area contributed by atoms with E-state index in [1.807, 2.05) is 0 Å². The summed E-state index contributed by atoms with van der Waals surface area (Å²) in [6, 6.07) is 5.81. The molecule has 2 aromatic rings. The highest BCUT2D eigenvalue weighted by Crippen LogP contribution is 2.37. The van der Waals surface area contributed by atoms with E-state index in [2.05, 4.69) is 5.32 Å². The second-order valence-electron chi connectivity index (χ2n) is 6.70. The number of fused-ring (bicyclic) bond motifs is 1. The highest BCUT2D eigenvalue weighted by molar-refractivity contribution is 7.91. The number of nitrogens with two attached hydrogens (primary N) is 1. The molecule has 0 unspecified atom stereocenters. The Morgan fingerprint density at radius 2 is 1.79 bits per heavy atom. The molecule has 3 N–H and O–H groups in total. The summed E-state index contributed by atoms with van der Waals surface area (Å²) in [5.74, 6) is -1.36. The van der Waals surface area contributed by atoms with E-state index in [0.29, 0.717) is 15.6 Å². The Balaban J connectivity index is 1.71. The zero-order valence-corrected chi connectivity index (χ0v) is 17.6. The van der Waals surface area contributed by atoms with E-state index in [4.69, 9.17) is 17.3 Å². The predicted octanol–water partition coefficient (Wildman–Crippen LogP) is 3.57. The second kappa shape index (κ2) is 8.63. The third-order valence-corrected chi connectivity index (χ3v) is 7.88. The summed E-state index contributed by atoms with van der Waals surface area (Å²) in [6.07, 6.45) is 4.54. The van der Waals surface area contributed by atoms with Crippen LogP contribution in [0.25, 0.3) is 0 Å². The molecule has 28 heavy (non-hydrogen) atoms. The average molecular weight is 441 g/mol. The van der Waals surface area contributed by atoms with Gasteiger partial charge in [0.05, 0.1) is 16.2 Å². The van der Waals surface area contributed by atoms with Crippen molar-refractivity contribution in [1.29, 1.82) is 0 Å². The number of anilines is 1. The van der Waals surface area contributed by atoms with Crippen LogP contribution in [0, 0.1) is 0 Å². The SMILES string of the molecule is NC(=O)c1c(NC(=O)CCS(=O)(=O)c2ccc(Cl)cc2)sc2c1CCCCC2. The molecule has 2 amide bonds. The Bertz CT molecular complexity index is 998. The van der Waals surface area contributed by atoms with Gasteiger partial charge in [-0.25, -0.2) is 8.42 Å². The van der Waals surface area contributed by atoms with Gasteiger partial charge in [-0.3, -0.25) is 9.59 Å². The Labute approximate surface area is 173 Å². The van der Waals surface area contributed by atoms with Crippen molar-refractivity contribution in [1.82, 2.24) is 0 Å². The standard InChI is InChI=1S/C19H21ClN2O4S2/c20-12-6-8-13(9-7-12)28(25,26)11-10-16(23)22-19-17(18(21)24)14-4-2-1-3-5-15(14)27-19/h6-9H,1-5,10-11H2,(H2,21,24)(H,22,23). The topological polar surface area (TPSA) is 106 Å². The Morgan fingerprint density at radius 1 is 1.11 bits per heavy atom. The molecule has 1 aromatic carbocycles. The van der Waals surface area contributed by atoms with Crippen LogP contribution < -0.4 is 11.1 Å². The van der Waals surface area contributed by atoms with Gasteiger partial charge in [0, 0.05) is 16.3 Å². The van der Waals surface area contributed by atoms with Crippen LogP contribution in [0.5, 0.6) is 0 Å². The van der Waals surface area contributed by atoms with Gasteiger partial charge in [-0.1, -0.05) is 18.0 Å². The molecule has 1 aromatic heterocycles. The summed E-state index contributed by atoms with van der Waals surface area (Å²) in [4.78, 5) is 25.5. The summed E-state index contributed by atoms with van der Waals surface area (Å²) >= 11 is 7.14. The van der Waals surface area contributed by atoms with Crippen LogP contribution >= 0.6 is 22.9 Å². The van der Waals surface area contributed by atoms with Crippen molar-refractivity contribution in [3.8, 4) is 0 Å². The third kappa shape index (κ3) is 4.74. The van der Waals surface area contributed by atoms with E-state index < -0.39 is 21.7 Å². The first-order chi connectivity index (χ1) is 13.3. The molecule has 150 valence electrons. The molecule has 1 aliphatic rings. The lowest BCUT2D eigenvalue weighted by atomic mass is 10.1. The van der Waals surface area contributed by atoms with E-state index in [1.54, 1.807) is 0 Å². The fourth-order valence-corrected chi connectivity index (χ4v) is 5.94. The van der Waals surface area contributed by atoms with Gasteiger partial charge in [0.1, 0.15) is 5.00 Å². The number of thiophene rings is 1. The zero-order chi connectivity index (χ0) is 20.3. The van der Waals surface area contributed by atoms with Crippen molar-refractivity contribution in [3.05, 3.63) is 45.3 Å². The van der Waals surface area contributed by atoms with Crippen molar-refractivity contribution in [2.75, 3.05) is 11.1 Å². The quantitative estimate of drug-likeness (QED) is 0.669. The number of halogens is 1. The van der Waals surface area contributed by atoms with Gasteiger partial charge < -0.3 is 11.1 Å². The van der Waals surface area contributed by atoms with Gasteiger partial charge in [0.25, 0.3) is 5.91 Å². The number of carbonyl (C=O) groups excluding carboxylic acids is 2. The summed E-state index contributed by atoms with van der Waals surface area (Å²) < 4.78 is 24.8. The molecule has 1 heterocycles. The zero-order valence-electron chi connectivity index (χ0n) is 15.2. The number of rotatable bonds is 6. The largest absolute Gasteiger partial charge is 0.365 e. The van der Waals surface area contributed by atoms with Crippen LogP contribution in [0.15, 0.2) is 29.2 Å². The normalized spacial score (nSPS) is 14.2. The maximum absolute atomic E-state index is 12.4. The molecule has 0 fully saturated rings. The molecular formula is C19H21ClN2O4S2. The summed E-state index contributed by atoms with van der Waals surface area (Å²) in [6.45, 7) is 0. The van der Waals surface area contributed by atoms with E-state index in [-0.39, 0.29) is 17.1 Å². The molecule has 6 nitrogen and oxygen atoms in total. The van der Waals surface area contributed by atoms with E-state index in [1.165, 1.54) is 35.6 Å². The maximum atomic E-state index is 12.4. The first-order valence-corrected chi connectivity index (χ1v) is 11.8. The van der Waals surface area contributed by atoms with Gasteiger partial charge in [-0.15, -0.1) is 11.3 Å². The number of hydrogen-bond donors (Lipinski definition) is 2. The molecule has 0 spiro atoms. The van der Waals surface area contributed by atoms with Crippen LogP contribution in [0.4, 0.5) is 5.00 Å². The van der Waals surface area contributed by atoms with Crippen molar-refractivity contribution in [2.24, 2.45) is 5.73 Å². The third-order valence-electron chi connectivity index (χ3n) is 4.69. The van der Waals surface area contributed by atoms with Crippen LogP contribution in [-0.2, 0) is 27.5 Å². The number of nitrogens with one attached hydrogen (secondary N) is 1. The lowest BCUT2D eigenvalue weighted by Crippen LogP contribution is -2.20. The predicted molar refractivity (Wildman–Crippen MR) is 111 cm³/mol. The van der Waals surface area contributed by atoms with Gasteiger partial charge in [-0.05, 0) is 55.5 Å². The number of benzene rings is 1. The minimum absolute atomic E-state index is 0.116. The van der Waals surface area contributed by atoms with E-state index >= 15 is 0 Å². The number of amides is 2. The Morgan fingerprint density at radius 3 is 2.46 bits per heavy atom. The fraction of sp³-hybridized carbons (Fsp3) is 0.368. The van der Waals surface area contributed by atoms with Crippen LogP contribution in [-0.4, -0.2) is 26.0 Å². The minimum atomic E-state index is -3.61. The first kappa shape index (κ1) is 20.8. The van der Waals surface area contributed by atoms with Crippen LogP contribution in [0.3, 0.4) is 0 Å². The van der Waals surface area contributed by atoms with Crippen molar-refractivity contribution in [3.63, 3.8) is 0 Å². The van der Waals surface area contributed by atoms with Gasteiger partial charge in [0.15, 0.2) is 9.84 Å². The van der Waals surface area contributed by atoms with Crippen molar-refractivity contribution in [2.45, 2.75) is 43.4 Å². The Hall–Kier alpha value is -1.90. The molecule has 0 saturated heterocycles. The summed E-state index contributed by atoms with van der Waals surface area (Å²) in [5.41, 5.74) is 6.85. The highest BCUT2D eigenvalue weighted by atomic mass is 35.5. The molecule has 0 saturated carbocycles. The number of carbonyl (C=O) groups is 2. The summed E-state index contributed by atoms with van der Waals surface area (Å²) in [7, 11) is -3.61. The van der Waals surface area contributed by atoms with E-state index in [0.717, 1.165) is 42.5 Å². The number of aryl methyl sites for hydroxylation is 1. The number of hydrogen-bond acceptors (Lipinski definition) is 5. The fourth-order valence-electron chi connectivity index (χ4n) is 3.27.